The van der Waals surface area contributed by atoms with Crippen molar-refractivity contribution in [1.82, 2.24) is 0 Å². The molecule has 0 fully saturated rings. The van der Waals surface area contributed by atoms with Crippen LogP contribution in [0.15, 0.2) is 71.2 Å². The molecule has 4 heteroatoms. The first-order chi connectivity index (χ1) is 11.2. The van der Waals surface area contributed by atoms with E-state index in [0.29, 0.717) is 6.54 Å². The van der Waals surface area contributed by atoms with E-state index in [2.05, 4.69) is 21.2 Å². The summed E-state index contributed by atoms with van der Waals surface area (Å²) in [5.41, 5.74) is 0.970. The number of ether oxygens (including phenoxy) is 1. The second-order valence-electron chi connectivity index (χ2n) is 5.33. The minimum atomic E-state index is -0.586. The Kier molecular flexibility index (Phi) is 5.16. The molecule has 0 aliphatic rings. The lowest BCUT2D eigenvalue weighted by Crippen LogP contribution is -2.26. The van der Waals surface area contributed by atoms with Gasteiger partial charge in [0.2, 0.25) is 0 Å². The van der Waals surface area contributed by atoms with Crippen LogP contribution in [0.1, 0.15) is 0 Å². The Balaban J connectivity index is 1.56. The predicted molar refractivity (Wildman–Crippen MR) is 98.1 cm³/mol. The minimum Gasteiger partial charge on any atom is -0.490 e. The zero-order valence-electron chi connectivity index (χ0n) is 12.6. The lowest BCUT2D eigenvalue weighted by Gasteiger charge is -2.15. The van der Waals surface area contributed by atoms with Crippen LogP contribution >= 0.6 is 15.9 Å². The molecule has 118 valence electrons. The summed E-state index contributed by atoms with van der Waals surface area (Å²) in [4.78, 5) is 0. The highest BCUT2D eigenvalue weighted by molar-refractivity contribution is 9.10. The van der Waals surface area contributed by atoms with Crippen molar-refractivity contribution >= 4 is 32.4 Å². The standard InChI is InChI=1S/C19H18BrNO2/c20-15-8-10-16(11-9-15)21-12-17(22)13-23-19-7-3-5-14-4-1-2-6-18(14)19/h1-11,17,21-22H,12-13H2. The van der Waals surface area contributed by atoms with Gasteiger partial charge in [0.25, 0.3) is 0 Å². The summed E-state index contributed by atoms with van der Waals surface area (Å²) in [5.74, 6) is 0.797. The maximum Gasteiger partial charge on any atom is 0.127 e. The third kappa shape index (κ3) is 4.24. The molecular weight excluding hydrogens is 354 g/mol. The van der Waals surface area contributed by atoms with Crippen molar-refractivity contribution in [3.8, 4) is 5.75 Å². The van der Waals surface area contributed by atoms with Crippen molar-refractivity contribution in [1.29, 1.82) is 0 Å². The highest BCUT2D eigenvalue weighted by atomic mass is 79.9. The molecule has 3 aromatic rings. The van der Waals surface area contributed by atoms with E-state index in [4.69, 9.17) is 4.74 Å². The Hall–Kier alpha value is -2.04. The maximum atomic E-state index is 10.1. The molecule has 0 amide bonds. The van der Waals surface area contributed by atoms with Crippen LogP contribution in [0, 0.1) is 0 Å². The fourth-order valence-corrected chi connectivity index (χ4v) is 2.63. The van der Waals surface area contributed by atoms with Crippen LogP contribution in [0.4, 0.5) is 5.69 Å². The number of aliphatic hydroxyl groups is 1. The number of hydrogen-bond acceptors (Lipinski definition) is 3. The molecule has 0 aliphatic heterocycles. The highest BCUT2D eigenvalue weighted by Gasteiger charge is 2.07. The molecule has 0 saturated heterocycles. The van der Waals surface area contributed by atoms with E-state index in [1.807, 2.05) is 66.7 Å². The van der Waals surface area contributed by atoms with Gasteiger partial charge in [0.1, 0.15) is 18.5 Å². The molecule has 23 heavy (non-hydrogen) atoms. The molecule has 3 nitrogen and oxygen atoms in total. The summed E-state index contributed by atoms with van der Waals surface area (Å²) >= 11 is 3.40. The van der Waals surface area contributed by atoms with Gasteiger partial charge in [-0.2, -0.15) is 0 Å². The molecular formula is C19H18BrNO2. The molecule has 1 atom stereocenters. The Labute approximate surface area is 144 Å². The van der Waals surface area contributed by atoms with E-state index in [1.165, 1.54) is 0 Å². The third-order valence-corrected chi connectivity index (χ3v) is 4.10. The van der Waals surface area contributed by atoms with Gasteiger partial charge in [-0.05, 0) is 35.7 Å². The zero-order valence-corrected chi connectivity index (χ0v) is 14.2. The number of nitrogens with one attached hydrogen (secondary N) is 1. The third-order valence-electron chi connectivity index (χ3n) is 3.57. The second-order valence-corrected chi connectivity index (χ2v) is 6.25. The summed E-state index contributed by atoms with van der Waals surface area (Å²) in [6.45, 7) is 0.684. The molecule has 0 aromatic heterocycles. The average molecular weight is 372 g/mol. The Morgan fingerprint density at radius 2 is 1.70 bits per heavy atom. The van der Waals surface area contributed by atoms with Crippen molar-refractivity contribution in [3.63, 3.8) is 0 Å². The maximum absolute atomic E-state index is 10.1. The van der Waals surface area contributed by atoms with Gasteiger partial charge in [-0.15, -0.1) is 0 Å². The second kappa shape index (κ2) is 7.49. The average Bonchev–Trinajstić information content (AvgIpc) is 2.59. The smallest absolute Gasteiger partial charge is 0.127 e. The lowest BCUT2D eigenvalue weighted by atomic mass is 10.1. The summed E-state index contributed by atoms with van der Waals surface area (Å²) < 4.78 is 6.82. The van der Waals surface area contributed by atoms with E-state index < -0.39 is 6.10 Å². The van der Waals surface area contributed by atoms with Crippen LogP contribution in [-0.4, -0.2) is 24.4 Å². The molecule has 3 aromatic carbocycles. The van der Waals surface area contributed by atoms with Gasteiger partial charge < -0.3 is 15.2 Å². The number of anilines is 1. The topological polar surface area (TPSA) is 41.5 Å². The van der Waals surface area contributed by atoms with Crippen molar-refractivity contribution < 1.29 is 9.84 Å². The lowest BCUT2D eigenvalue weighted by molar-refractivity contribution is 0.118. The number of halogens is 1. The van der Waals surface area contributed by atoms with Crippen LogP contribution in [-0.2, 0) is 0 Å². The van der Waals surface area contributed by atoms with E-state index in [0.717, 1.165) is 26.7 Å². The first kappa shape index (κ1) is 15.8. The van der Waals surface area contributed by atoms with Gasteiger partial charge in [-0.25, -0.2) is 0 Å². The zero-order chi connectivity index (χ0) is 16.1. The largest absolute Gasteiger partial charge is 0.490 e. The summed E-state index contributed by atoms with van der Waals surface area (Å²) in [6, 6.07) is 21.8. The number of rotatable bonds is 6. The summed E-state index contributed by atoms with van der Waals surface area (Å²) in [7, 11) is 0. The fourth-order valence-electron chi connectivity index (χ4n) is 2.37. The van der Waals surface area contributed by atoms with Crippen molar-refractivity contribution in [2.24, 2.45) is 0 Å². The van der Waals surface area contributed by atoms with Crippen molar-refractivity contribution in [2.75, 3.05) is 18.5 Å². The number of aliphatic hydroxyl groups excluding tert-OH is 1. The SMILES string of the molecule is OC(CNc1ccc(Br)cc1)COc1cccc2ccccc12. The molecule has 2 N–H and O–H groups in total. The fraction of sp³-hybridized carbons (Fsp3) is 0.158. The van der Waals surface area contributed by atoms with E-state index in [9.17, 15) is 5.11 Å². The number of benzene rings is 3. The summed E-state index contributed by atoms with van der Waals surface area (Å²) in [6.07, 6.45) is -0.586. The van der Waals surface area contributed by atoms with Gasteiger partial charge in [-0.1, -0.05) is 52.3 Å². The first-order valence-corrected chi connectivity index (χ1v) is 8.30. The molecule has 0 saturated carbocycles. The molecule has 0 heterocycles. The van der Waals surface area contributed by atoms with Crippen LogP contribution in [0.25, 0.3) is 10.8 Å². The van der Waals surface area contributed by atoms with Crippen LogP contribution in [0.5, 0.6) is 5.75 Å². The Morgan fingerprint density at radius 3 is 2.52 bits per heavy atom. The molecule has 3 rings (SSSR count). The normalized spacial score (nSPS) is 12.1. The molecule has 0 aliphatic carbocycles. The highest BCUT2D eigenvalue weighted by Crippen LogP contribution is 2.25. The van der Waals surface area contributed by atoms with Gasteiger partial charge in [-0.3, -0.25) is 0 Å². The van der Waals surface area contributed by atoms with Gasteiger partial charge in [0, 0.05) is 22.1 Å². The van der Waals surface area contributed by atoms with Gasteiger partial charge in [0.15, 0.2) is 0 Å². The molecule has 0 radical (unpaired) electrons. The monoisotopic (exact) mass is 371 g/mol. The molecule has 0 bridgehead atoms. The van der Waals surface area contributed by atoms with Gasteiger partial charge >= 0.3 is 0 Å². The minimum absolute atomic E-state index is 0.248. The Morgan fingerprint density at radius 1 is 0.957 bits per heavy atom. The molecule has 1 unspecified atom stereocenters. The van der Waals surface area contributed by atoms with Crippen LogP contribution < -0.4 is 10.1 Å². The quantitative estimate of drug-likeness (QED) is 0.672. The molecule has 0 spiro atoms. The van der Waals surface area contributed by atoms with Crippen LogP contribution in [0.3, 0.4) is 0 Å². The van der Waals surface area contributed by atoms with Crippen molar-refractivity contribution in [3.05, 3.63) is 71.2 Å². The summed E-state index contributed by atoms with van der Waals surface area (Å²) in [5, 5.41) is 15.5. The van der Waals surface area contributed by atoms with E-state index in [-0.39, 0.29) is 6.61 Å². The van der Waals surface area contributed by atoms with Crippen LogP contribution in [0.2, 0.25) is 0 Å². The van der Waals surface area contributed by atoms with E-state index >= 15 is 0 Å². The van der Waals surface area contributed by atoms with E-state index in [1.54, 1.807) is 0 Å². The van der Waals surface area contributed by atoms with Crippen molar-refractivity contribution in [2.45, 2.75) is 6.10 Å². The predicted octanol–water partition coefficient (Wildman–Crippen LogP) is 4.45. The first-order valence-electron chi connectivity index (χ1n) is 7.50. The Bertz CT molecular complexity index is 768. The number of fused-ring (bicyclic) bond motifs is 1. The van der Waals surface area contributed by atoms with Gasteiger partial charge in [0.05, 0.1) is 0 Å². The number of hydrogen-bond donors (Lipinski definition) is 2.